The molecule has 1 fully saturated rings. The number of allylic oxidation sites excluding steroid dienone is 3. The Morgan fingerprint density at radius 3 is 2.31 bits per heavy atom. The van der Waals surface area contributed by atoms with Crippen molar-refractivity contribution in [3.63, 3.8) is 0 Å². The van der Waals surface area contributed by atoms with Gasteiger partial charge < -0.3 is 5.32 Å². The number of carbonyl (C=O) groups excluding carboxylic acids is 1. The average Bonchev–Trinajstić information content (AvgIpc) is 2.87. The first-order valence-corrected chi connectivity index (χ1v) is 11.6. The fourth-order valence-electron chi connectivity index (χ4n) is 3.77. The van der Waals surface area contributed by atoms with E-state index in [0.29, 0.717) is 34.7 Å². The summed E-state index contributed by atoms with van der Waals surface area (Å²) in [5, 5.41) is 2.89. The molecule has 0 aliphatic heterocycles. The molecule has 0 heterocycles. The van der Waals surface area contributed by atoms with Gasteiger partial charge in [0.1, 0.15) is 0 Å². The number of hydrogen-bond acceptors (Lipinski definition) is 3. The predicted molar refractivity (Wildman–Crippen MR) is 120 cm³/mol. The highest BCUT2D eigenvalue weighted by Gasteiger charge is 2.33. The zero-order valence-corrected chi connectivity index (χ0v) is 19.2. The summed E-state index contributed by atoms with van der Waals surface area (Å²) >= 11 is 0. The fraction of sp³-hybridized carbons (Fsp3) is 0.522. The van der Waals surface area contributed by atoms with Crippen LogP contribution in [0.2, 0.25) is 0 Å². The molecule has 160 valence electrons. The van der Waals surface area contributed by atoms with Crippen LogP contribution in [0.15, 0.2) is 48.2 Å². The lowest BCUT2D eigenvalue weighted by atomic mass is 9.93. The summed E-state index contributed by atoms with van der Waals surface area (Å²) in [7, 11) is -3.50. The number of hydrogen-bond donors (Lipinski definition) is 2. The molecule has 0 saturated heterocycles. The number of anilines is 1. The molecule has 2 N–H and O–H groups in total. The van der Waals surface area contributed by atoms with E-state index in [2.05, 4.69) is 43.5 Å². The van der Waals surface area contributed by atoms with Crippen LogP contribution in [0.25, 0.3) is 0 Å². The van der Waals surface area contributed by atoms with Crippen LogP contribution in [0.1, 0.15) is 64.7 Å². The lowest BCUT2D eigenvalue weighted by Gasteiger charge is -2.20. The lowest BCUT2D eigenvalue weighted by molar-refractivity contribution is 0.0964. The summed E-state index contributed by atoms with van der Waals surface area (Å²) < 4.78 is 26.1. The zero-order chi connectivity index (χ0) is 22.0. The largest absolute Gasteiger partial charge is 0.326 e. The van der Waals surface area contributed by atoms with Gasteiger partial charge in [0.15, 0.2) is 0 Å². The van der Waals surface area contributed by atoms with Crippen molar-refractivity contribution in [2.24, 2.45) is 17.8 Å². The number of benzene rings is 1. The molecule has 3 atom stereocenters. The van der Waals surface area contributed by atoms with E-state index in [1.165, 1.54) is 5.57 Å². The van der Waals surface area contributed by atoms with Crippen LogP contribution < -0.4 is 10.0 Å². The van der Waals surface area contributed by atoms with Gasteiger partial charge in [0.25, 0.3) is 5.91 Å². The molecule has 2 rings (SSSR count). The van der Waals surface area contributed by atoms with E-state index in [0.717, 1.165) is 12.8 Å². The highest BCUT2D eigenvalue weighted by molar-refractivity contribution is 7.94. The Bertz CT molecular complexity index is 893. The van der Waals surface area contributed by atoms with Gasteiger partial charge in [0.2, 0.25) is 10.0 Å². The van der Waals surface area contributed by atoms with Crippen molar-refractivity contribution in [2.75, 3.05) is 4.72 Å². The predicted octanol–water partition coefficient (Wildman–Crippen LogP) is 5.10. The molecule has 1 amide bonds. The van der Waals surface area contributed by atoms with E-state index in [1.54, 1.807) is 45.0 Å². The molecule has 1 aliphatic carbocycles. The maximum Gasteiger partial charge on any atom is 0.255 e. The van der Waals surface area contributed by atoms with E-state index in [9.17, 15) is 13.2 Å². The number of nitrogens with one attached hydrogen (secondary N) is 2. The zero-order valence-electron chi connectivity index (χ0n) is 18.4. The summed E-state index contributed by atoms with van der Waals surface area (Å²) in [6.07, 6.45) is 4.05. The van der Waals surface area contributed by atoms with Crippen LogP contribution in [0.5, 0.6) is 0 Å². The number of rotatable bonds is 6. The normalized spacial score (nSPS) is 23.8. The van der Waals surface area contributed by atoms with Crippen molar-refractivity contribution in [1.82, 2.24) is 5.32 Å². The number of sulfonamides is 1. The lowest BCUT2D eigenvalue weighted by Crippen LogP contribution is -2.33. The third kappa shape index (κ3) is 5.50. The topological polar surface area (TPSA) is 75.3 Å². The van der Waals surface area contributed by atoms with Gasteiger partial charge in [-0.05, 0) is 82.6 Å². The summed E-state index contributed by atoms with van der Waals surface area (Å²) in [6.45, 7) is 15.5. The Morgan fingerprint density at radius 2 is 1.79 bits per heavy atom. The molecule has 1 aliphatic rings. The third-order valence-electron chi connectivity index (χ3n) is 5.83. The first kappa shape index (κ1) is 23.2. The SMILES string of the molecule is C=C(CC1CC(C)C(C)/C1=C/C)NC(=O)c1ccc(NS(=O)(=O)C(C)(C)C)cc1. The van der Waals surface area contributed by atoms with Crippen LogP contribution in [-0.2, 0) is 10.0 Å². The smallest absolute Gasteiger partial charge is 0.255 e. The van der Waals surface area contributed by atoms with Crippen molar-refractivity contribution in [1.29, 1.82) is 0 Å². The Kier molecular flexibility index (Phi) is 6.99. The van der Waals surface area contributed by atoms with Crippen molar-refractivity contribution in [3.05, 3.63) is 53.8 Å². The molecular weight excluding hydrogens is 384 g/mol. The van der Waals surface area contributed by atoms with Gasteiger partial charge in [-0.25, -0.2) is 8.42 Å². The van der Waals surface area contributed by atoms with E-state index >= 15 is 0 Å². The quantitative estimate of drug-likeness (QED) is 0.631. The molecule has 0 spiro atoms. The summed E-state index contributed by atoms with van der Waals surface area (Å²) in [5.41, 5.74) is 3.05. The Morgan fingerprint density at radius 1 is 1.21 bits per heavy atom. The molecule has 6 heteroatoms. The van der Waals surface area contributed by atoms with Gasteiger partial charge >= 0.3 is 0 Å². The summed E-state index contributed by atoms with van der Waals surface area (Å²) in [5.74, 6) is 1.39. The maximum absolute atomic E-state index is 12.5. The highest BCUT2D eigenvalue weighted by Crippen LogP contribution is 2.43. The van der Waals surface area contributed by atoms with E-state index in [1.807, 2.05) is 0 Å². The first-order valence-electron chi connectivity index (χ1n) is 10.1. The summed E-state index contributed by atoms with van der Waals surface area (Å²) in [4.78, 5) is 12.5. The monoisotopic (exact) mass is 418 g/mol. The van der Waals surface area contributed by atoms with Crippen molar-refractivity contribution < 1.29 is 13.2 Å². The van der Waals surface area contributed by atoms with E-state index < -0.39 is 14.8 Å². The Labute approximate surface area is 175 Å². The number of carbonyl (C=O) groups is 1. The van der Waals surface area contributed by atoms with Gasteiger partial charge in [0, 0.05) is 16.9 Å². The second-order valence-corrected chi connectivity index (χ2v) is 11.5. The third-order valence-corrected chi connectivity index (χ3v) is 7.95. The number of amides is 1. The molecule has 1 aromatic carbocycles. The molecule has 0 radical (unpaired) electrons. The molecule has 29 heavy (non-hydrogen) atoms. The molecule has 0 bridgehead atoms. The molecule has 1 aromatic rings. The molecule has 5 nitrogen and oxygen atoms in total. The second-order valence-electron chi connectivity index (χ2n) is 9.04. The van der Waals surface area contributed by atoms with Gasteiger partial charge in [-0.2, -0.15) is 0 Å². The van der Waals surface area contributed by atoms with Crippen molar-refractivity contribution in [3.8, 4) is 0 Å². The van der Waals surface area contributed by atoms with Gasteiger partial charge in [-0.1, -0.05) is 32.1 Å². The van der Waals surface area contributed by atoms with Gasteiger partial charge in [-0.15, -0.1) is 0 Å². The molecule has 0 aromatic heterocycles. The summed E-state index contributed by atoms with van der Waals surface area (Å²) in [6, 6.07) is 6.42. The Hall–Kier alpha value is -2.08. The Balaban J connectivity index is 1.98. The van der Waals surface area contributed by atoms with Crippen LogP contribution >= 0.6 is 0 Å². The highest BCUT2D eigenvalue weighted by atomic mass is 32.2. The van der Waals surface area contributed by atoms with Gasteiger partial charge in [-0.3, -0.25) is 9.52 Å². The average molecular weight is 419 g/mol. The van der Waals surface area contributed by atoms with E-state index in [4.69, 9.17) is 0 Å². The standard InChI is InChI=1S/C23H34N2O3S/c1-8-21-17(4)15(2)13-19(21)14-16(3)24-22(26)18-9-11-20(12-10-18)25-29(27,28)23(5,6)7/h8-12,15,17,19,25H,3,13-14H2,1-2,4-7H3,(H,24,26)/b21-8-. The fourth-order valence-corrected chi connectivity index (χ4v) is 4.52. The van der Waals surface area contributed by atoms with Gasteiger partial charge in [0.05, 0.1) is 4.75 Å². The minimum atomic E-state index is -3.50. The minimum Gasteiger partial charge on any atom is -0.326 e. The molecular formula is C23H34N2O3S. The molecule has 1 saturated carbocycles. The first-order chi connectivity index (χ1) is 13.4. The van der Waals surface area contributed by atoms with Crippen LogP contribution in [0.4, 0.5) is 5.69 Å². The van der Waals surface area contributed by atoms with Crippen LogP contribution in [0.3, 0.4) is 0 Å². The van der Waals surface area contributed by atoms with Crippen molar-refractivity contribution >= 4 is 21.6 Å². The molecule has 3 unspecified atom stereocenters. The van der Waals surface area contributed by atoms with Crippen molar-refractivity contribution in [2.45, 2.75) is 59.1 Å². The van der Waals surface area contributed by atoms with Crippen LogP contribution in [-0.4, -0.2) is 19.1 Å². The van der Waals surface area contributed by atoms with Crippen LogP contribution in [0, 0.1) is 17.8 Å². The maximum atomic E-state index is 12.5. The minimum absolute atomic E-state index is 0.235. The second kappa shape index (κ2) is 8.74. The van der Waals surface area contributed by atoms with E-state index in [-0.39, 0.29) is 5.91 Å².